The van der Waals surface area contributed by atoms with Crippen molar-refractivity contribution in [1.82, 2.24) is 5.43 Å². The lowest BCUT2D eigenvalue weighted by Crippen LogP contribution is -2.29. The predicted octanol–water partition coefficient (Wildman–Crippen LogP) is 1.27. The highest BCUT2D eigenvalue weighted by atomic mass is 16.5. The molecular weight excluding hydrogens is 140 g/mol. The van der Waals surface area contributed by atoms with Gasteiger partial charge in [-0.15, -0.1) is 0 Å². The molecule has 0 unspecified atom stereocenters. The number of allylic oxidation sites excluding steroid dienone is 1. The van der Waals surface area contributed by atoms with Gasteiger partial charge in [0.25, 0.3) is 0 Å². The monoisotopic (exact) mass is 156 g/mol. The summed E-state index contributed by atoms with van der Waals surface area (Å²) in [5.41, 5.74) is 3.72. The molecule has 0 aromatic rings. The molecule has 0 aromatic carbocycles. The quantitative estimate of drug-likeness (QED) is 0.359. The van der Waals surface area contributed by atoms with Crippen molar-refractivity contribution in [2.45, 2.75) is 39.2 Å². The number of ether oxygens (including phenoxy) is 1. The first-order chi connectivity index (χ1) is 5.03. The fraction of sp³-hybridized carbons (Fsp3) is 0.750. The zero-order chi connectivity index (χ0) is 8.48. The Morgan fingerprint density at radius 1 is 1.45 bits per heavy atom. The molecule has 0 aromatic heterocycles. The molecule has 0 spiro atoms. The fourth-order valence-electron chi connectivity index (χ4n) is 0.799. The molecule has 0 saturated heterocycles. The van der Waals surface area contributed by atoms with Crippen molar-refractivity contribution in [3.05, 3.63) is 11.5 Å². The molecular formula is C8H16N2O. The highest BCUT2D eigenvalue weighted by Crippen LogP contribution is 2.32. The summed E-state index contributed by atoms with van der Waals surface area (Å²) in [5.74, 6) is 6.05. The summed E-state index contributed by atoms with van der Waals surface area (Å²) in [6, 6.07) is 0. The lowest BCUT2D eigenvalue weighted by molar-refractivity contribution is 0.0395. The Kier molecular flexibility index (Phi) is 2.09. The summed E-state index contributed by atoms with van der Waals surface area (Å²) in [4.78, 5) is 0. The van der Waals surface area contributed by atoms with Crippen molar-refractivity contribution in [2.75, 3.05) is 0 Å². The minimum atomic E-state index is -0.155. The van der Waals surface area contributed by atoms with Gasteiger partial charge in [-0.2, -0.15) is 0 Å². The Morgan fingerprint density at radius 2 is 2.00 bits per heavy atom. The molecule has 0 atom stereocenters. The largest absolute Gasteiger partial charge is 0.473 e. The lowest BCUT2D eigenvalue weighted by Gasteiger charge is -2.22. The van der Waals surface area contributed by atoms with Crippen molar-refractivity contribution in [3.63, 3.8) is 0 Å². The van der Waals surface area contributed by atoms with Crippen molar-refractivity contribution >= 4 is 0 Å². The van der Waals surface area contributed by atoms with E-state index in [1.807, 2.05) is 20.8 Å². The highest BCUT2D eigenvalue weighted by Gasteiger charge is 2.22. The zero-order valence-electron chi connectivity index (χ0n) is 7.40. The van der Waals surface area contributed by atoms with Gasteiger partial charge in [0.2, 0.25) is 5.88 Å². The zero-order valence-corrected chi connectivity index (χ0v) is 7.40. The van der Waals surface area contributed by atoms with Gasteiger partial charge in [0, 0.05) is 0 Å². The maximum absolute atomic E-state index is 5.55. The topological polar surface area (TPSA) is 47.3 Å². The fourth-order valence-corrected chi connectivity index (χ4v) is 0.799. The molecule has 0 bridgehead atoms. The van der Waals surface area contributed by atoms with E-state index in [9.17, 15) is 0 Å². The maximum Gasteiger partial charge on any atom is 0.200 e. The molecule has 1 fully saturated rings. The van der Waals surface area contributed by atoms with E-state index in [1.54, 1.807) is 0 Å². The number of nitrogens with two attached hydrogens (primary N) is 1. The van der Waals surface area contributed by atoms with Gasteiger partial charge in [-0.05, 0) is 39.2 Å². The first-order valence-electron chi connectivity index (χ1n) is 3.90. The molecule has 1 rings (SSSR count). The molecule has 3 N–H and O–H groups in total. The molecule has 3 nitrogen and oxygen atoms in total. The van der Waals surface area contributed by atoms with Crippen molar-refractivity contribution in [3.8, 4) is 0 Å². The molecule has 0 amide bonds. The van der Waals surface area contributed by atoms with Crippen LogP contribution in [0.2, 0.25) is 0 Å². The molecule has 64 valence electrons. The van der Waals surface area contributed by atoms with Crippen LogP contribution in [0.3, 0.4) is 0 Å². The highest BCUT2D eigenvalue weighted by molar-refractivity contribution is 5.20. The van der Waals surface area contributed by atoms with E-state index in [4.69, 9.17) is 10.6 Å². The van der Waals surface area contributed by atoms with Crippen LogP contribution < -0.4 is 11.3 Å². The van der Waals surface area contributed by atoms with Gasteiger partial charge < -0.3 is 4.74 Å². The van der Waals surface area contributed by atoms with Crippen LogP contribution in [0.25, 0.3) is 0 Å². The van der Waals surface area contributed by atoms with Crippen LogP contribution in [0.4, 0.5) is 0 Å². The molecule has 0 radical (unpaired) electrons. The molecule has 3 heteroatoms. The van der Waals surface area contributed by atoms with Gasteiger partial charge in [0.15, 0.2) is 0 Å². The van der Waals surface area contributed by atoms with Gasteiger partial charge in [0.1, 0.15) is 5.60 Å². The van der Waals surface area contributed by atoms with Gasteiger partial charge in [-0.1, -0.05) is 0 Å². The van der Waals surface area contributed by atoms with E-state index >= 15 is 0 Å². The summed E-state index contributed by atoms with van der Waals surface area (Å²) in [5, 5.41) is 0. The standard InChI is InChI=1S/C8H16N2O/c1-8(2,3)11-7(10-9)6-4-5-6/h10H,4-5,9H2,1-3H3. The molecule has 1 saturated carbocycles. The summed E-state index contributed by atoms with van der Waals surface area (Å²) in [6.45, 7) is 6.02. The smallest absolute Gasteiger partial charge is 0.200 e. The number of hydrogen-bond acceptors (Lipinski definition) is 3. The third-order valence-corrected chi connectivity index (χ3v) is 1.36. The number of hydrogen-bond donors (Lipinski definition) is 2. The van der Waals surface area contributed by atoms with Crippen LogP contribution in [-0.2, 0) is 4.74 Å². The first-order valence-corrected chi connectivity index (χ1v) is 3.90. The van der Waals surface area contributed by atoms with Gasteiger partial charge in [0.05, 0.1) is 0 Å². The van der Waals surface area contributed by atoms with Crippen molar-refractivity contribution in [2.24, 2.45) is 5.84 Å². The van der Waals surface area contributed by atoms with Crippen molar-refractivity contribution in [1.29, 1.82) is 0 Å². The number of nitrogens with one attached hydrogen (secondary N) is 1. The minimum absolute atomic E-state index is 0.155. The number of hydrazine groups is 1. The summed E-state index contributed by atoms with van der Waals surface area (Å²) < 4.78 is 5.55. The van der Waals surface area contributed by atoms with E-state index in [1.165, 1.54) is 5.57 Å². The van der Waals surface area contributed by atoms with E-state index in [-0.39, 0.29) is 5.60 Å². The molecule has 1 aliphatic carbocycles. The van der Waals surface area contributed by atoms with E-state index in [0.29, 0.717) is 0 Å². The van der Waals surface area contributed by atoms with Crippen LogP contribution in [0.5, 0.6) is 0 Å². The van der Waals surface area contributed by atoms with Crippen LogP contribution in [0, 0.1) is 0 Å². The van der Waals surface area contributed by atoms with E-state index < -0.39 is 0 Å². The summed E-state index contributed by atoms with van der Waals surface area (Å²) in [6.07, 6.45) is 2.24. The Balaban J connectivity index is 2.53. The normalized spacial score (nSPS) is 16.2. The van der Waals surface area contributed by atoms with Gasteiger partial charge in [-0.3, -0.25) is 5.43 Å². The lowest BCUT2D eigenvalue weighted by atomic mass is 10.2. The van der Waals surface area contributed by atoms with Crippen LogP contribution in [-0.4, -0.2) is 5.60 Å². The Morgan fingerprint density at radius 3 is 2.27 bits per heavy atom. The second-order valence-electron chi connectivity index (χ2n) is 3.79. The summed E-state index contributed by atoms with van der Waals surface area (Å²) in [7, 11) is 0. The third-order valence-electron chi connectivity index (χ3n) is 1.36. The Hall–Kier alpha value is -0.700. The average molecular weight is 156 g/mol. The van der Waals surface area contributed by atoms with E-state index in [0.717, 1.165) is 18.7 Å². The predicted molar refractivity (Wildman–Crippen MR) is 44.4 cm³/mol. The van der Waals surface area contributed by atoms with Crippen LogP contribution in [0.15, 0.2) is 11.5 Å². The molecule has 0 aliphatic heterocycles. The second-order valence-corrected chi connectivity index (χ2v) is 3.79. The minimum Gasteiger partial charge on any atom is -0.473 e. The van der Waals surface area contributed by atoms with Gasteiger partial charge in [-0.25, -0.2) is 5.84 Å². The average Bonchev–Trinajstić information content (AvgIpc) is 2.61. The first kappa shape index (κ1) is 8.40. The Labute approximate surface area is 67.6 Å². The molecule has 0 heterocycles. The van der Waals surface area contributed by atoms with Gasteiger partial charge >= 0.3 is 0 Å². The van der Waals surface area contributed by atoms with Crippen LogP contribution in [0.1, 0.15) is 33.6 Å². The van der Waals surface area contributed by atoms with E-state index in [2.05, 4.69) is 5.43 Å². The molecule has 11 heavy (non-hydrogen) atoms. The van der Waals surface area contributed by atoms with Crippen LogP contribution >= 0.6 is 0 Å². The second kappa shape index (κ2) is 2.74. The SMILES string of the molecule is CC(C)(C)OC(NN)=C1CC1. The molecule has 1 aliphatic rings. The summed E-state index contributed by atoms with van der Waals surface area (Å²) >= 11 is 0. The third kappa shape index (κ3) is 2.80. The maximum atomic E-state index is 5.55. The number of rotatable bonds is 2. The van der Waals surface area contributed by atoms with Crippen molar-refractivity contribution < 1.29 is 4.74 Å². The Bertz CT molecular complexity index is 173.